The Balaban J connectivity index is 4.03. The standard InChI is InChI=1S/C12H25N4O4P/c1-2-8-20-11(19)4-7-16(6-3-10(17)18)21-9-5-15-12(13)14/h21H,2-9H2,1H3,(H,17,18)(H4,13,14,15). The van der Waals surface area contributed by atoms with E-state index >= 15 is 0 Å². The van der Waals surface area contributed by atoms with Gasteiger partial charge >= 0.3 is 11.9 Å². The fourth-order valence-electron chi connectivity index (χ4n) is 1.43. The first-order valence-electron chi connectivity index (χ1n) is 6.89. The molecule has 0 saturated carbocycles. The lowest BCUT2D eigenvalue weighted by atomic mass is 10.4. The van der Waals surface area contributed by atoms with Gasteiger partial charge in [0.05, 0.1) is 19.4 Å². The lowest BCUT2D eigenvalue weighted by molar-refractivity contribution is -0.143. The maximum atomic E-state index is 11.4. The first-order chi connectivity index (χ1) is 9.95. The van der Waals surface area contributed by atoms with Crippen LogP contribution in [0.25, 0.3) is 0 Å². The molecule has 0 heterocycles. The molecular weight excluding hydrogens is 295 g/mol. The number of guanidine groups is 1. The van der Waals surface area contributed by atoms with Gasteiger partial charge in [-0.25, -0.2) is 0 Å². The molecule has 0 aromatic carbocycles. The maximum absolute atomic E-state index is 11.4. The van der Waals surface area contributed by atoms with E-state index in [1.807, 2.05) is 11.6 Å². The molecule has 0 radical (unpaired) electrons. The Kier molecular flexibility index (Phi) is 11.5. The first kappa shape index (κ1) is 19.6. The molecule has 5 N–H and O–H groups in total. The Morgan fingerprint density at radius 3 is 2.62 bits per heavy atom. The number of esters is 1. The summed E-state index contributed by atoms with van der Waals surface area (Å²) in [5.41, 5.74) is 5.18. The number of carbonyl (C=O) groups excluding carboxylic acids is 1. The number of nitrogens with one attached hydrogen (secondary N) is 2. The van der Waals surface area contributed by atoms with Crippen molar-refractivity contribution in [1.82, 2.24) is 9.99 Å². The van der Waals surface area contributed by atoms with Crippen molar-refractivity contribution >= 4 is 26.6 Å². The maximum Gasteiger partial charge on any atom is 0.307 e. The van der Waals surface area contributed by atoms with Crippen molar-refractivity contribution in [2.75, 3.05) is 32.4 Å². The van der Waals surface area contributed by atoms with Crippen molar-refractivity contribution in [3.8, 4) is 0 Å². The largest absolute Gasteiger partial charge is 0.481 e. The van der Waals surface area contributed by atoms with Crippen LogP contribution in [0, 0.1) is 5.41 Å². The molecule has 8 nitrogen and oxygen atoms in total. The number of carboxylic acids is 1. The highest BCUT2D eigenvalue weighted by Crippen LogP contribution is 2.18. The number of carboxylic acid groups (broad SMARTS) is 1. The molecule has 0 aliphatic carbocycles. The number of hydrogen-bond acceptors (Lipinski definition) is 5. The quantitative estimate of drug-likeness (QED) is 0.133. The highest BCUT2D eigenvalue weighted by atomic mass is 31.1. The Morgan fingerprint density at radius 1 is 1.38 bits per heavy atom. The highest BCUT2D eigenvalue weighted by molar-refractivity contribution is 7.35. The van der Waals surface area contributed by atoms with E-state index in [2.05, 4.69) is 5.32 Å². The third-order valence-electron chi connectivity index (χ3n) is 2.42. The topological polar surface area (TPSA) is 129 Å². The Hall–Kier alpha value is -1.40. The molecule has 0 amide bonds. The lowest BCUT2D eigenvalue weighted by Gasteiger charge is -2.21. The Labute approximate surface area is 126 Å². The molecule has 0 spiro atoms. The van der Waals surface area contributed by atoms with Gasteiger partial charge in [-0.2, -0.15) is 0 Å². The smallest absolute Gasteiger partial charge is 0.307 e. The number of carbonyl (C=O) groups is 2. The third kappa shape index (κ3) is 13.3. The van der Waals surface area contributed by atoms with Crippen molar-refractivity contribution in [3.05, 3.63) is 0 Å². The van der Waals surface area contributed by atoms with E-state index in [0.717, 1.165) is 12.6 Å². The van der Waals surface area contributed by atoms with Gasteiger partial charge in [0.1, 0.15) is 0 Å². The molecule has 0 aliphatic heterocycles. The molecule has 9 heteroatoms. The summed E-state index contributed by atoms with van der Waals surface area (Å²) in [6.45, 7) is 3.77. The second kappa shape index (κ2) is 12.3. The predicted molar refractivity (Wildman–Crippen MR) is 82.8 cm³/mol. The summed E-state index contributed by atoms with van der Waals surface area (Å²) >= 11 is 0. The minimum absolute atomic E-state index is 0.0388. The van der Waals surface area contributed by atoms with Crippen LogP contribution in [-0.2, 0) is 14.3 Å². The van der Waals surface area contributed by atoms with Gasteiger partial charge in [0, 0.05) is 19.6 Å². The van der Waals surface area contributed by atoms with Gasteiger partial charge in [-0.1, -0.05) is 6.92 Å². The number of nitrogens with zero attached hydrogens (tertiary/aromatic N) is 1. The Morgan fingerprint density at radius 2 is 2.05 bits per heavy atom. The second-order valence-electron chi connectivity index (χ2n) is 4.35. The van der Waals surface area contributed by atoms with Gasteiger partial charge in [0.15, 0.2) is 5.96 Å². The first-order valence-corrected chi connectivity index (χ1v) is 8.05. The zero-order chi connectivity index (χ0) is 16.1. The van der Waals surface area contributed by atoms with Crippen molar-refractivity contribution < 1.29 is 19.4 Å². The van der Waals surface area contributed by atoms with Crippen molar-refractivity contribution in [3.63, 3.8) is 0 Å². The summed E-state index contributed by atoms with van der Waals surface area (Å²) in [7, 11) is 0.372. The van der Waals surface area contributed by atoms with Crippen LogP contribution in [0.1, 0.15) is 26.2 Å². The molecule has 1 atom stereocenters. The van der Waals surface area contributed by atoms with E-state index < -0.39 is 5.97 Å². The molecule has 0 saturated heterocycles. The molecule has 21 heavy (non-hydrogen) atoms. The summed E-state index contributed by atoms with van der Waals surface area (Å²) in [5, 5.41) is 18.5. The molecule has 0 aromatic rings. The zero-order valence-electron chi connectivity index (χ0n) is 12.4. The fraction of sp³-hybridized carbons (Fsp3) is 0.750. The summed E-state index contributed by atoms with van der Waals surface area (Å²) < 4.78 is 6.92. The summed E-state index contributed by atoms with van der Waals surface area (Å²) in [6, 6.07) is 0. The molecule has 122 valence electrons. The van der Waals surface area contributed by atoms with Crippen molar-refractivity contribution in [2.24, 2.45) is 5.73 Å². The van der Waals surface area contributed by atoms with Gasteiger partial charge in [-0.05, 0) is 21.3 Å². The number of nitrogens with two attached hydrogens (primary N) is 1. The van der Waals surface area contributed by atoms with Crippen LogP contribution in [0.2, 0.25) is 0 Å². The van der Waals surface area contributed by atoms with Crippen molar-refractivity contribution in [1.29, 1.82) is 5.41 Å². The normalized spacial score (nSPS) is 11.0. The van der Waals surface area contributed by atoms with Gasteiger partial charge in [-0.3, -0.25) is 19.7 Å². The van der Waals surface area contributed by atoms with Crippen LogP contribution in [0.5, 0.6) is 0 Å². The summed E-state index contributed by atoms with van der Waals surface area (Å²) in [4.78, 5) is 22.1. The van der Waals surface area contributed by atoms with E-state index in [9.17, 15) is 9.59 Å². The number of rotatable bonds is 12. The minimum atomic E-state index is -0.861. The second-order valence-corrected chi connectivity index (χ2v) is 5.80. The van der Waals surface area contributed by atoms with Gasteiger partial charge in [-0.15, -0.1) is 0 Å². The highest BCUT2D eigenvalue weighted by Gasteiger charge is 2.10. The van der Waals surface area contributed by atoms with Crippen LogP contribution in [0.4, 0.5) is 0 Å². The Bertz CT molecular complexity index is 341. The third-order valence-corrected chi connectivity index (χ3v) is 3.79. The van der Waals surface area contributed by atoms with Gasteiger partial charge in [0.2, 0.25) is 0 Å². The molecular formula is C12H25N4O4P. The average Bonchev–Trinajstić information content (AvgIpc) is 2.42. The number of aliphatic carboxylic acids is 1. The van der Waals surface area contributed by atoms with Gasteiger partial charge < -0.3 is 20.9 Å². The zero-order valence-corrected chi connectivity index (χ0v) is 13.4. The molecule has 1 unspecified atom stereocenters. The van der Waals surface area contributed by atoms with Crippen LogP contribution in [0.3, 0.4) is 0 Å². The number of hydrogen-bond donors (Lipinski definition) is 4. The van der Waals surface area contributed by atoms with Crippen LogP contribution in [0.15, 0.2) is 0 Å². The SMILES string of the molecule is CCCOC(=O)CCN(CCC(=O)O)PCCNC(=N)N. The number of ether oxygens (including phenoxy) is 1. The lowest BCUT2D eigenvalue weighted by Crippen LogP contribution is -2.32. The molecule has 0 aliphatic rings. The summed E-state index contributed by atoms with van der Waals surface area (Å²) in [6.07, 6.45) is 1.82. The minimum Gasteiger partial charge on any atom is -0.481 e. The van der Waals surface area contributed by atoms with Crippen molar-refractivity contribution in [2.45, 2.75) is 26.2 Å². The average molecular weight is 320 g/mol. The van der Waals surface area contributed by atoms with Crippen LogP contribution in [-0.4, -0.2) is 60.1 Å². The fourth-order valence-corrected chi connectivity index (χ4v) is 2.52. The predicted octanol–water partition coefficient (Wildman–Crippen LogP) is 0.183. The molecule has 0 rings (SSSR count). The van der Waals surface area contributed by atoms with E-state index in [1.54, 1.807) is 0 Å². The summed E-state index contributed by atoms with van der Waals surface area (Å²) in [5.74, 6) is -1.20. The monoisotopic (exact) mass is 320 g/mol. The molecule has 0 fully saturated rings. The van der Waals surface area contributed by atoms with Crippen LogP contribution < -0.4 is 11.1 Å². The van der Waals surface area contributed by atoms with E-state index in [0.29, 0.717) is 35.0 Å². The van der Waals surface area contributed by atoms with Gasteiger partial charge in [0.25, 0.3) is 0 Å². The van der Waals surface area contributed by atoms with E-state index in [1.165, 1.54) is 0 Å². The van der Waals surface area contributed by atoms with E-state index in [4.69, 9.17) is 21.0 Å². The molecule has 0 aromatic heterocycles. The molecule has 0 bridgehead atoms. The van der Waals surface area contributed by atoms with Crippen LogP contribution >= 0.6 is 8.73 Å². The van der Waals surface area contributed by atoms with E-state index in [-0.39, 0.29) is 24.8 Å².